The van der Waals surface area contributed by atoms with Crippen molar-refractivity contribution < 1.29 is 13.6 Å². The van der Waals surface area contributed by atoms with Gasteiger partial charge in [-0.25, -0.2) is 0 Å². The molecule has 0 aliphatic carbocycles. The molecule has 1 aromatic carbocycles. The molecular weight excluding hydrogens is 223 g/mol. The first-order valence-electron chi connectivity index (χ1n) is 5.50. The van der Waals surface area contributed by atoms with Crippen LogP contribution in [0.2, 0.25) is 0 Å². The van der Waals surface area contributed by atoms with Crippen LogP contribution in [0.25, 0.3) is 0 Å². The molecule has 1 aromatic rings. The molecule has 0 amide bonds. The van der Waals surface area contributed by atoms with Gasteiger partial charge in [-0.15, -0.1) is 0 Å². The van der Waals surface area contributed by atoms with E-state index in [0.29, 0.717) is 13.2 Å². The molecule has 4 heteroatoms. The second-order valence-corrected chi connectivity index (χ2v) is 8.06. The van der Waals surface area contributed by atoms with Crippen LogP contribution in [0.1, 0.15) is 6.92 Å². The Balaban J connectivity index is 2.18. The van der Waals surface area contributed by atoms with Gasteiger partial charge in [0, 0.05) is 0 Å². The predicted octanol–water partition coefficient (Wildman–Crippen LogP) is 2.59. The van der Waals surface area contributed by atoms with Crippen LogP contribution in [-0.4, -0.2) is 18.9 Å². The van der Waals surface area contributed by atoms with Crippen LogP contribution < -0.4 is 5.30 Å². The molecule has 3 rings (SSSR count). The summed E-state index contributed by atoms with van der Waals surface area (Å²) in [5.41, 5.74) is 0.163. The van der Waals surface area contributed by atoms with E-state index in [-0.39, 0.29) is 5.66 Å². The summed E-state index contributed by atoms with van der Waals surface area (Å²) in [6.45, 7) is 3.32. The number of benzene rings is 1. The zero-order chi connectivity index (χ0) is 11.1. The van der Waals surface area contributed by atoms with E-state index in [0.717, 1.165) is 5.30 Å². The summed E-state index contributed by atoms with van der Waals surface area (Å²) in [7, 11) is -3.09. The minimum atomic E-state index is -3.09. The predicted molar refractivity (Wildman–Crippen MR) is 64.6 cm³/mol. The minimum absolute atomic E-state index is 0.163. The quantitative estimate of drug-likeness (QED) is 0.704. The van der Waals surface area contributed by atoms with Crippen molar-refractivity contribution in [3.05, 3.63) is 42.7 Å². The summed E-state index contributed by atoms with van der Waals surface area (Å²) < 4.78 is 17.9. The molecule has 86 valence electrons. The van der Waals surface area contributed by atoms with Gasteiger partial charge in [0.05, 0.1) is 0 Å². The van der Waals surface area contributed by atoms with Crippen molar-refractivity contribution in [1.82, 2.24) is 0 Å². The van der Waals surface area contributed by atoms with Crippen LogP contribution >= 0.6 is 7.28 Å². The SMILES string of the molecule is CC1C=COP12(c1ccccc1)OCCO2. The monoisotopic (exact) mass is 238 g/mol. The van der Waals surface area contributed by atoms with Crippen molar-refractivity contribution in [2.45, 2.75) is 12.6 Å². The normalized spacial score (nSPS) is 32.1. The standard InChI is InChI=1S/C12H15O3P/c1-11-7-8-13-16(11,14-9-10-15-16)12-5-3-2-4-6-12/h2-8,11H,9-10H2,1H3. The zero-order valence-corrected chi connectivity index (χ0v) is 10.1. The summed E-state index contributed by atoms with van der Waals surface area (Å²) in [6, 6.07) is 10.1. The Morgan fingerprint density at radius 1 is 1.12 bits per heavy atom. The molecule has 2 aliphatic rings. The van der Waals surface area contributed by atoms with Gasteiger partial charge in [0.2, 0.25) is 0 Å². The van der Waals surface area contributed by atoms with Gasteiger partial charge in [0.1, 0.15) is 0 Å². The molecule has 0 saturated carbocycles. The van der Waals surface area contributed by atoms with Crippen LogP contribution in [0.5, 0.6) is 0 Å². The summed E-state index contributed by atoms with van der Waals surface area (Å²) in [4.78, 5) is 0. The van der Waals surface area contributed by atoms with Gasteiger partial charge in [-0.05, 0) is 0 Å². The van der Waals surface area contributed by atoms with Crippen LogP contribution in [0, 0.1) is 0 Å². The van der Waals surface area contributed by atoms with E-state index in [9.17, 15) is 0 Å². The Bertz CT molecular complexity index is 423. The molecular formula is C12H15O3P. The molecule has 0 aromatic heterocycles. The summed E-state index contributed by atoms with van der Waals surface area (Å²) >= 11 is 0. The molecule has 0 radical (unpaired) electrons. The molecule has 1 atom stereocenters. The first-order chi connectivity index (χ1) is 7.77. The van der Waals surface area contributed by atoms with Crippen molar-refractivity contribution in [1.29, 1.82) is 0 Å². The fourth-order valence-corrected chi connectivity index (χ4v) is 6.37. The van der Waals surface area contributed by atoms with E-state index in [1.165, 1.54) is 0 Å². The van der Waals surface area contributed by atoms with Crippen molar-refractivity contribution in [3.8, 4) is 0 Å². The van der Waals surface area contributed by atoms with Gasteiger partial charge in [-0.1, -0.05) is 0 Å². The average molecular weight is 238 g/mol. The molecule has 16 heavy (non-hydrogen) atoms. The molecule has 1 unspecified atom stereocenters. The molecule has 1 saturated heterocycles. The number of hydrogen-bond acceptors (Lipinski definition) is 3. The number of allylic oxidation sites excluding steroid dienone is 1. The Kier molecular flexibility index (Phi) is 2.12. The number of rotatable bonds is 1. The van der Waals surface area contributed by atoms with Crippen LogP contribution in [0.15, 0.2) is 42.7 Å². The second kappa shape index (κ2) is 3.30. The van der Waals surface area contributed by atoms with Gasteiger partial charge in [-0.3, -0.25) is 0 Å². The van der Waals surface area contributed by atoms with E-state index >= 15 is 0 Å². The molecule has 2 aliphatic heterocycles. The number of hydrogen-bond donors (Lipinski definition) is 0. The van der Waals surface area contributed by atoms with Crippen molar-refractivity contribution in [2.75, 3.05) is 13.2 Å². The summed E-state index contributed by atoms with van der Waals surface area (Å²) in [6.07, 6.45) is 3.75. The van der Waals surface area contributed by atoms with Gasteiger partial charge in [-0.2, -0.15) is 0 Å². The van der Waals surface area contributed by atoms with Gasteiger partial charge >= 0.3 is 94.6 Å². The van der Waals surface area contributed by atoms with Crippen LogP contribution in [0.3, 0.4) is 0 Å². The van der Waals surface area contributed by atoms with Gasteiger partial charge in [0.15, 0.2) is 0 Å². The molecule has 1 spiro atoms. The van der Waals surface area contributed by atoms with E-state index in [1.807, 2.05) is 36.4 Å². The second-order valence-electron chi connectivity index (χ2n) is 4.12. The topological polar surface area (TPSA) is 27.7 Å². The first kappa shape index (κ1) is 10.3. The van der Waals surface area contributed by atoms with Gasteiger partial charge in [0.25, 0.3) is 0 Å². The Morgan fingerprint density at radius 2 is 1.81 bits per heavy atom. The fourth-order valence-electron chi connectivity index (χ4n) is 2.40. The third-order valence-corrected chi connectivity index (χ3v) is 7.97. The summed E-state index contributed by atoms with van der Waals surface area (Å²) in [5.74, 6) is 0. The van der Waals surface area contributed by atoms with Crippen LogP contribution in [-0.2, 0) is 13.6 Å². The van der Waals surface area contributed by atoms with Gasteiger partial charge < -0.3 is 0 Å². The van der Waals surface area contributed by atoms with E-state index in [4.69, 9.17) is 13.6 Å². The Morgan fingerprint density at radius 3 is 2.38 bits per heavy atom. The molecule has 1 fully saturated rings. The molecule has 0 N–H and O–H groups in total. The van der Waals surface area contributed by atoms with E-state index in [2.05, 4.69) is 6.92 Å². The maximum atomic E-state index is 6.01. The van der Waals surface area contributed by atoms with E-state index in [1.54, 1.807) is 6.26 Å². The summed E-state index contributed by atoms with van der Waals surface area (Å²) in [5, 5.41) is 1.04. The fraction of sp³-hybridized carbons (Fsp3) is 0.333. The van der Waals surface area contributed by atoms with E-state index < -0.39 is 7.28 Å². The first-order valence-corrected chi connectivity index (χ1v) is 7.56. The zero-order valence-electron chi connectivity index (χ0n) is 9.20. The molecule has 0 bridgehead atoms. The molecule has 3 nitrogen and oxygen atoms in total. The maximum absolute atomic E-state index is 6.01. The van der Waals surface area contributed by atoms with Crippen molar-refractivity contribution in [3.63, 3.8) is 0 Å². The average Bonchev–Trinajstić information content (AvgIpc) is 2.91. The Hall–Kier alpha value is -0.890. The third kappa shape index (κ3) is 1.08. The van der Waals surface area contributed by atoms with Crippen molar-refractivity contribution in [2.24, 2.45) is 0 Å². The van der Waals surface area contributed by atoms with Crippen molar-refractivity contribution >= 4 is 12.6 Å². The van der Waals surface area contributed by atoms with Crippen LogP contribution in [0.4, 0.5) is 0 Å². The third-order valence-electron chi connectivity index (χ3n) is 3.30. The Labute approximate surface area is 95.2 Å². The molecule has 2 heterocycles.